The van der Waals surface area contributed by atoms with Crippen LogP contribution >= 0.6 is 0 Å². The first-order valence-corrected chi connectivity index (χ1v) is 9.04. The molecule has 1 aromatic heterocycles. The summed E-state index contributed by atoms with van der Waals surface area (Å²) in [4.78, 5) is 19.2. The molecule has 1 unspecified atom stereocenters. The predicted molar refractivity (Wildman–Crippen MR) is 97.4 cm³/mol. The average Bonchev–Trinajstić information content (AvgIpc) is 2.69. The maximum Gasteiger partial charge on any atom is 0.258 e. The van der Waals surface area contributed by atoms with E-state index in [9.17, 15) is 9.18 Å². The Morgan fingerprint density at radius 1 is 1.35 bits per heavy atom. The summed E-state index contributed by atoms with van der Waals surface area (Å²) >= 11 is 0. The van der Waals surface area contributed by atoms with E-state index in [0.29, 0.717) is 31.9 Å². The van der Waals surface area contributed by atoms with Gasteiger partial charge < -0.3 is 15.4 Å². The largest absolute Gasteiger partial charge is 0.493 e. The number of carbonyl (C=O) groups is 1. The van der Waals surface area contributed by atoms with Gasteiger partial charge in [-0.25, -0.2) is 4.39 Å². The summed E-state index contributed by atoms with van der Waals surface area (Å²) in [6.07, 6.45) is 7.03. The highest BCUT2D eigenvalue weighted by Gasteiger charge is 2.30. The van der Waals surface area contributed by atoms with Gasteiger partial charge in [0, 0.05) is 18.9 Å². The number of hydrogen-bond donors (Lipinski definition) is 1. The van der Waals surface area contributed by atoms with Gasteiger partial charge in [-0.2, -0.15) is 0 Å². The number of likely N-dealkylation sites (tertiary alicyclic amines) is 1. The van der Waals surface area contributed by atoms with Gasteiger partial charge in [0.25, 0.3) is 5.91 Å². The lowest BCUT2D eigenvalue weighted by Crippen LogP contribution is -2.38. The molecule has 138 valence electrons. The van der Waals surface area contributed by atoms with Crippen molar-refractivity contribution < 1.29 is 13.9 Å². The molecule has 26 heavy (non-hydrogen) atoms. The first kappa shape index (κ1) is 18.3. The number of pyridine rings is 1. The van der Waals surface area contributed by atoms with Gasteiger partial charge in [0.1, 0.15) is 11.6 Å². The number of nitrogens with two attached hydrogens (primary N) is 1. The van der Waals surface area contributed by atoms with Crippen LogP contribution in [0.25, 0.3) is 0 Å². The fraction of sp³-hybridized carbons (Fsp3) is 0.400. The van der Waals surface area contributed by atoms with Crippen molar-refractivity contribution in [1.29, 1.82) is 0 Å². The van der Waals surface area contributed by atoms with E-state index in [2.05, 4.69) is 4.98 Å². The second-order valence-corrected chi connectivity index (χ2v) is 6.43. The van der Waals surface area contributed by atoms with Crippen molar-refractivity contribution in [3.8, 4) is 5.75 Å². The summed E-state index contributed by atoms with van der Waals surface area (Å²) in [6, 6.07) is 7.88. The zero-order chi connectivity index (χ0) is 18.4. The Morgan fingerprint density at radius 2 is 2.23 bits per heavy atom. The zero-order valence-electron chi connectivity index (χ0n) is 14.7. The van der Waals surface area contributed by atoms with Crippen molar-refractivity contribution in [2.24, 2.45) is 5.73 Å². The number of amides is 1. The number of halogens is 1. The number of hydrogen-bond acceptors (Lipinski definition) is 4. The molecule has 1 aromatic carbocycles. The minimum Gasteiger partial charge on any atom is -0.493 e. The van der Waals surface area contributed by atoms with Crippen LogP contribution in [0, 0.1) is 5.82 Å². The molecule has 0 aliphatic carbocycles. The van der Waals surface area contributed by atoms with Crippen molar-refractivity contribution in [1.82, 2.24) is 9.88 Å². The summed E-state index contributed by atoms with van der Waals surface area (Å²) in [5.74, 6) is -0.254. The molecule has 1 aliphatic heterocycles. The van der Waals surface area contributed by atoms with Gasteiger partial charge >= 0.3 is 0 Å². The summed E-state index contributed by atoms with van der Waals surface area (Å²) < 4.78 is 19.5. The van der Waals surface area contributed by atoms with E-state index in [4.69, 9.17) is 10.5 Å². The Balaban J connectivity index is 1.88. The number of carbonyl (C=O) groups excluding carboxylic acids is 1. The van der Waals surface area contributed by atoms with Crippen LogP contribution in [0.1, 0.15) is 47.6 Å². The normalized spacial score (nSPS) is 17.2. The van der Waals surface area contributed by atoms with Crippen LogP contribution < -0.4 is 10.5 Å². The number of aromatic nitrogens is 1. The Hall–Kier alpha value is -2.47. The summed E-state index contributed by atoms with van der Waals surface area (Å²) in [5, 5.41) is 0. The molecular formula is C20H24FN3O2. The second kappa shape index (κ2) is 8.76. The summed E-state index contributed by atoms with van der Waals surface area (Å²) in [6.45, 7) is 1.53. The van der Waals surface area contributed by atoms with Crippen molar-refractivity contribution in [3.05, 3.63) is 59.7 Å². The highest BCUT2D eigenvalue weighted by Crippen LogP contribution is 2.33. The van der Waals surface area contributed by atoms with Gasteiger partial charge in [0.15, 0.2) is 0 Å². The van der Waals surface area contributed by atoms with Crippen LogP contribution in [-0.4, -0.2) is 35.5 Å². The third-order valence-corrected chi connectivity index (χ3v) is 4.61. The van der Waals surface area contributed by atoms with E-state index in [1.54, 1.807) is 12.4 Å². The molecule has 1 amide bonds. The molecular weight excluding hydrogens is 333 g/mol. The van der Waals surface area contributed by atoms with Crippen molar-refractivity contribution in [3.63, 3.8) is 0 Å². The fourth-order valence-corrected chi connectivity index (χ4v) is 3.31. The molecule has 2 N–H and O–H groups in total. The lowest BCUT2D eigenvalue weighted by molar-refractivity contribution is 0.0606. The third-order valence-electron chi connectivity index (χ3n) is 4.61. The van der Waals surface area contributed by atoms with E-state index in [0.717, 1.165) is 24.8 Å². The monoisotopic (exact) mass is 357 g/mol. The zero-order valence-corrected chi connectivity index (χ0v) is 14.7. The Kier molecular flexibility index (Phi) is 6.17. The minimum absolute atomic E-state index is 0.0508. The van der Waals surface area contributed by atoms with E-state index in [-0.39, 0.29) is 17.5 Å². The Morgan fingerprint density at radius 3 is 3.00 bits per heavy atom. The van der Waals surface area contributed by atoms with Crippen LogP contribution in [0.15, 0.2) is 42.7 Å². The first-order valence-electron chi connectivity index (χ1n) is 9.04. The van der Waals surface area contributed by atoms with Crippen LogP contribution in [0.3, 0.4) is 0 Å². The van der Waals surface area contributed by atoms with Gasteiger partial charge in [-0.05, 0) is 62.1 Å². The molecule has 0 bridgehead atoms. The standard InChI is InChI=1S/C20H24FN3O2/c21-16-7-8-19(26-12-4-9-22)17(13-16)20(25)24-11-2-1-6-18(24)15-5-3-10-23-14-15/h3,5,7-8,10,13-14,18H,1-2,4,6,9,11-12,22H2. The van der Waals surface area contributed by atoms with Crippen LogP contribution in [0.4, 0.5) is 4.39 Å². The maximum absolute atomic E-state index is 13.8. The average molecular weight is 357 g/mol. The van der Waals surface area contributed by atoms with Crippen molar-refractivity contribution in [2.75, 3.05) is 19.7 Å². The van der Waals surface area contributed by atoms with Crippen molar-refractivity contribution >= 4 is 5.91 Å². The van der Waals surface area contributed by atoms with Gasteiger partial charge in [0.2, 0.25) is 0 Å². The smallest absolute Gasteiger partial charge is 0.258 e. The highest BCUT2D eigenvalue weighted by atomic mass is 19.1. The van der Waals surface area contributed by atoms with Crippen LogP contribution in [0.2, 0.25) is 0 Å². The van der Waals surface area contributed by atoms with E-state index in [1.165, 1.54) is 18.2 Å². The van der Waals surface area contributed by atoms with E-state index in [1.807, 2.05) is 17.0 Å². The molecule has 5 nitrogen and oxygen atoms in total. The molecule has 0 radical (unpaired) electrons. The molecule has 0 spiro atoms. The predicted octanol–water partition coefficient (Wildman–Crippen LogP) is 3.32. The lowest BCUT2D eigenvalue weighted by atomic mass is 9.95. The number of rotatable bonds is 6. The SMILES string of the molecule is NCCCOc1ccc(F)cc1C(=O)N1CCCCC1c1cccnc1. The quantitative estimate of drug-likeness (QED) is 0.806. The highest BCUT2D eigenvalue weighted by molar-refractivity contribution is 5.97. The number of benzene rings is 1. The summed E-state index contributed by atoms with van der Waals surface area (Å²) in [7, 11) is 0. The molecule has 2 aromatic rings. The number of nitrogens with zero attached hydrogens (tertiary/aromatic N) is 2. The topological polar surface area (TPSA) is 68.5 Å². The van der Waals surface area contributed by atoms with Crippen LogP contribution in [0.5, 0.6) is 5.75 Å². The lowest BCUT2D eigenvalue weighted by Gasteiger charge is -2.36. The van der Waals surface area contributed by atoms with Crippen LogP contribution in [-0.2, 0) is 0 Å². The Labute approximate surface area is 153 Å². The Bertz CT molecular complexity index is 739. The van der Waals surface area contributed by atoms with Crippen molar-refractivity contribution in [2.45, 2.75) is 31.7 Å². The van der Waals surface area contributed by atoms with Gasteiger partial charge in [-0.15, -0.1) is 0 Å². The van der Waals surface area contributed by atoms with Gasteiger partial charge in [-0.3, -0.25) is 9.78 Å². The maximum atomic E-state index is 13.8. The molecule has 1 saturated heterocycles. The number of ether oxygens (including phenoxy) is 1. The van der Waals surface area contributed by atoms with E-state index >= 15 is 0 Å². The molecule has 0 saturated carbocycles. The second-order valence-electron chi connectivity index (χ2n) is 6.43. The van der Waals surface area contributed by atoms with Gasteiger partial charge in [0.05, 0.1) is 18.2 Å². The molecule has 6 heteroatoms. The molecule has 2 heterocycles. The first-order chi connectivity index (χ1) is 12.7. The minimum atomic E-state index is -0.450. The molecule has 1 aliphatic rings. The van der Waals surface area contributed by atoms with E-state index < -0.39 is 5.82 Å². The van der Waals surface area contributed by atoms with Gasteiger partial charge in [-0.1, -0.05) is 6.07 Å². The summed E-state index contributed by atoms with van der Waals surface area (Å²) in [5.41, 5.74) is 6.76. The third kappa shape index (κ3) is 4.19. The fourth-order valence-electron chi connectivity index (χ4n) is 3.31. The number of piperidine rings is 1. The molecule has 1 fully saturated rings. The molecule has 3 rings (SSSR count). The molecule has 1 atom stereocenters.